The number of ether oxygens (including phenoxy) is 1. The molecule has 0 aromatic carbocycles. The number of epoxide rings is 1. The normalized spacial score (nSPS) is 47.8. The van der Waals surface area contributed by atoms with Crippen molar-refractivity contribution in [1.29, 1.82) is 0 Å². The van der Waals surface area contributed by atoms with Gasteiger partial charge in [-0.25, -0.2) is 0 Å². The number of aliphatic hydroxyl groups is 1. The van der Waals surface area contributed by atoms with Crippen LogP contribution in [-0.2, 0) is 4.74 Å². The molecule has 0 amide bonds. The van der Waals surface area contributed by atoms with Gasteiger partial charge in [0, 0.05) is 0 Å². The minimum absolute atomic E-state index is 0.0279. The van der Waals surface area contributed by atoms with Crippen LogP contribution < -0.4 is 0 Å². The summed E-state index contributed by atoms with van der Waals surface area (Å²) in [6.07, 6.45) is 6.52. The second-order valence-electron chi connectivity index (χ2n) is 4.73. The van der Waals surface area contributed by atoms with Crippen LogP contribution in [0.15, 0.2) is 0 Å². The Balaban J connectivity index is 1.90. The van der Waals surface area contributed by atoms with Gasteiger partial charge < -0.3 is 9.84 Å². The van der Waals surface area contributed by atoms with Gasteiger partial charge in [-0.2, -0.15) is 0 Å². The molecule has 2 rings (SSSR count). The highest BCUT2D eigenvalue weighted by Gasteiger charge is 2.73. The molecule has 1 saturated heterocycles. The SMILES string of the molecule is CCCCCC12OC1(C)CCC2O. The van der Waals surface area contributed by atoms with Crippen LogP contribution in [0.5, 0.6) is 0 Å². The molecule has 1 saturated carbocycles. The van der Waals surface area contributed by atoms with Crippen molar-refractivity contribution in [2.24, 2.45) is 0 Å². The Morgan fingerprint density at radius 1 is 1.46 bits per heavy atom. The second-order valence-corrected chi connectivity index (χ2v) is 4.73. The molecule has 3 unspecified atom stereocenters. The van der Waals surface area contributed by atoms with E-state index in [4.69, 9.17) is 4.74 Å². The van der Waals surface area contributed by atoms with E-state index in [0.29, 0.717) is 0 Å². The maximum absolute atomic E-state index is 9.83. The third-order valence-corrected chi connectivity index (χ3v) is 3.85. The van der Waals surface area contributed by atoms with Crippen molar-refractivity contribution in [2.75, 3.05) is 0 Å². The molecule has 1 heterocycles. The molecule has 0 aromatic heterocycles. The molecule has 76 valence electrons. The highest BCUT2D eigenvalue weighted by molar-refractivity contribution is 5.21. The third-order valence-electron chi connectivity index (χ3n) is 3.85. The average Bonchev–Trinajstić information content (AvgIpc) is 2.63. The molecule has 1 N–H and O–H groups in total. The smallest absolute Gasteiger partial charge is 0.123 e. The Morgan fingerprint density at radius 3 is 2.69 bits per heavy atom. The summed E-state index contributed by atoms with van der Waals surface area (Å²) in [7, 11) is 0. The van der Waals surface area contributed by atoms with Gasteiger partial charge in [0.15, 0.2) is 0 Å². The zero-order valence-electron chi connectivity index (χ0n) is 8.68. The average molecular weight is 184 g/mol. The van der Waals surface area contributed by atoms with Gasteiger partial charge in [-0.1, -0.05) is 26.2 Å². The maximum Gasteiger partial charge on any atom is 0.123 e. The summed E-state index contributed by atoms with van der Waals surface area (Å²) in [6, 6.07) is 0. The first-order valence-electron chi connectivity index (χ1n) is 5.53. The minimum Gasteiger partial charge on any atom is -0.390 e. The van der Waals surface area contributed by atoms with Crippen LogP contribution in [0.4, 0.5) is 0 Å². The monoisotopic (exact) mass is 184 g/mol. The summed E-state index contributed by atoms with van der Waals surface area (Å²) >= 11 is 0. The highest BCUT2D eigenvalue weighted by atomic mass is 16.6. The van der Waals surface area contributed by atoms with Crippen LogP contribution in [0.2, 0.25) is 0 Å². The molecule has 1 aliphatic heterocycles. The molecule has 0 radical (unpaired) electrons. The Bertz CT molecular complexity index is 204. The number of unbranched alkanes of at least 4 members (excludes halogenated alkanes) is 2. The van der Waals surface area contributed by atoms with E-state index in [1.54, 1.807) is 0 Å². The van der Waals surface area contributed by atoms with Gasteiger partial charge in [0.2, 0.25) is 0 Å². The van der Waals surface area contributed by atoms with Gasteiger partial charge in [0.25, 0.3) is 0 Å². The Hall–Kier alpha value is -0.0800. The number of hydrogen-bond acceptors (Lipinski definition) is 2. The van der Waals surface area contributed by atoms with Crippen LogP contribution in [0.3, 0.4) is 0 Å². The fraction of sp³-hybridized carbons (Fsp3) is 1.00. The van der Waals surface area contributed by atoms with E-state index in [-0.39, 0.29) is 17.3 Å². The van der Waals surface area contributed by atoms with Crippen LogP contribution in [0.25, 0.3) is 0 Å². The van der Waals surface area contributed by atoms with Crippen molar-refractivity contribution < 1.29 is 9.84 Å². The molecule has 2 fully saturated rings. The fourth-order valence-corrected chi connectivity index (χ4v) is 2.82. The molecule has 0 bridgehead atoms. The zero-order chi connectivity index (χ0) is 9.53. The minimum atomic E-state index is -0.200. The molecule has 2 nitrogen and oxygen atoms in total. The molecule has 1 aliphatic carbocycles. The van der Waals surface area contributed by atoms with Gasteiger partial charge in [0.1, 0.15) is 5.60 Å². The largest absolute Gasteiger partial charge is 0.390 e. The lowest BCUT2D eigenvalue weighted by Gasteiger charge is -2.14. The summed E-state index contributed by atoms with van der Waals surface area (Å²) in [5.41, 5.74) is -0.109. The Labute approximate surface area is 80.3 Å². The van der Waals surface area contributed by atoms with Crippen molar-refractivity contribution in [3.63, 3.8) is 0 Å². The topological polar surface area (TPSA) is 32.8 Å². The predicted octanol–water partition coefficient (Wildman–Crippen LogP) is 2.25. The van der Waals surface area contributed by atoms with E-state index in [0.717, 1.165) is 19.3 Å². The summed E-state index contributed by atoms with van der Waals surface area (Å²) in [5, 5.41) is 9.83. The third kappa shape index (κ3) is 1.23. The van der Waals surface area contributed by atoms with Gasteiger partial charge in [0.05, 0.1) is 11.7 Å². The van der Waals surface area contributed by atoms with E-state index in [9.17, 15) is 5.11 Å². The lowest BCUT2D eigenvalue weighted by Crippen LogP contribution is -2.29. The fourth-order valence-electron chi connectivity index (χ4n) is 2.82. The molecule has 3 atom stereocenters. The molecule has 0 aromatic rings. The van der Waals surface area contributed by atoms with Crippen LogP contribution in [0.1, 0.15) is 52.4 Å². The molecule has 2 heteroatoms. The first-order chi connectivity index (χ1) is 6.15. The van der Waals surface area contributed by atoms with Crippen molar-refractivity contribution in [1.82, 2.24) is 0 Å². The number of rotatable bonds is 4. The lowest BCUT2D eigenvalue weighted by molar-refractivity contribution is 0.0566. The quantitative estimate of drug-likeness (QED) is 0.537. The number of fused-ring (bicyclic) bond motifs is 1. The van der Waals surface area contributed by atoms with Crippen molar-refractivity contribution in [2.45, 2.75) is 69.7 Å². The van der Waals surface area contributed by atoms with E-state index < -0.39 is 0 Å². The number of hydrogen-bond donors (Lipinski definition) is 1. The molecule has 0 spiro atoms. The van der Waals surface area contributed by atoms with Gasteiger partial charge in [-0.3, -0.25) is 0 Å². The lowest BCUT2D eigenvalue weighted by atomic mass is 9.91. The predicted molar refractivity (Wildman–Crippen MR) is 51.6 cm³/mol. The van der Waals surface area contributed by atoms with Crippen LogP contribution >= 0.6 is 0 Å². The molecule has 13 heavy (non-hydrogen) atoms. The summed E-state index contributed by atoms with van der Waals surface area (Å²) in [4.78, 5) is 0. The highest BCUT2D eigenvalue weighted by Crippen LogP contribution is 2.61. The van der Waals surface area contributed by atoms with Crippen LogP contribution in [-0.4, -0.2) is 22.4 Å². The van der Waals surface area contributed by atoms with E-state index in [2.05, 4.69) is 13.8 Å². The van der Waals surface area contributed by atoms with Crippen molar-refractivity contribution >= 4 is 0 Å². The first-order valence-corrected chi connectivity index (χ1v) is 5.53. The molecular weight excluding hydrogens is 164 g/mol. The van der Waals surface area contributed by atoms with Crippen LogP contribution in [0, 0.1) is 0 Å². The summed E-state index contributed by atoms with van der Waals surface area (Å²) < 4.78 is 5.74. The van der Waals surface area contributed by atoms with E-state index >= 15 is 0 Å². The molecular formula is C11H20O2. The Kier molecular flexibility index (Phi) is 2.16. The van der Waals surface area contributed by atoms with Gasteiger partial charge in [-0.15, -0.1) is 0 Å². The van der Waals surface area contributed by atoms with E-state index in [1.165, 1.54) is 19.3 Å². The second kappa shape index (κ2) is 2.96. The standard InChI is InChI=1S/C11H20O2/c1-3-4-5-7-11-9(12)6-8-10(11,2)13-11/h9,12H,3-8H2,1-2H3. The summed E-state index contributed by atoms with van der Waals surface area (Å²) in [5.74, 6) is 0. The molecule has 2 aliphatic rings. The number of aliphatic hydroxyl groups excluding tert-OH is 1. The van der Waals surface area contributed by atoms with E-state index in [1.807, 2.05) is 0 Å². The van der Waals surface area contributed by atoms with Crippen molar-refractivity contribution in [3.8, 4) is 0 Å². The Morgan fingerprint density at radius 2 is 2.23 bits per heavy atom. The van der Waals surface area contributed by atoms with Gasteiger partial charge >= 0.3 is 0 Å². The zero-order valence-corrected chi connectivity index (χ0v) is 8.68. The summed E-state index contributed by atoms with van der Waals surface area (Å²) in [6.45, 7) is 4.35. The van der Waals surface area contributed by atoms with Crippen molar-refractivity contribution in [3.05, 3.63) is 0 Å². The first kappa shape index (κ1) is 9.47. The van der Waals surface area contributed by atoms with Gasteiger partial charge in [-0.05, 0) is 26.2 Å². The maximum atomic E-state index is 9.83.